The number of ether oxygens (including phenoxy) is 1. The largest absolute Gasteiger partial charge is 0.464 e. The Kier molecular flexibility index (Phi) is 9.81. The number of benzene rings is 1. The molecule has 0 saturated heterocycles. The summed E-state index contributed by atoms with van der Waals surface area (Å²) >= 11 is 0. The van der Waals surface area contributed by atoms with E-state index >= 15 is 0 Å². The number of carbonyl (C=O) groups excluding carboxylic acids is 2. The summed E-state index contributed by atoms with van der Waals surface area (Å²) in [6.45, 7) is 6.43. The van der Waals surface area contributed by atoms with Gasteiger partial charge in [-0.05, 0) is 24.5 Å². The molecule has 1 aromatic rings. The van der Waals surface area contributed by atoms with Crippen molar-refractivity contribution in [2.24, 2.45) is 5.92 Å². The number of rotatable bonds is 11. The molecule has 0 heterocycles. The topological polar surface area (TPSA) is 55.4 Å². The average Bonchev–Trinajstić information content (AvgIpc) is 2.59. The first-order chi connectivity index (χ1) is 11.6. The van der Waals surface area contributed by atoms with Crippen molar-refractivity contribution < 1.29 is 14.3 Å². The van der Waals surface area contributed by atoms with Gasteiger partial charge in [0, 0.05) is 5.56 Å². The van der Waals surface area contributed by atoms with Crippen LogP contribution in [0.3, 0.4) is 0 Å². The molecule has 0 radical (unpaired) electrons. The van der Waals surface area contributed by atoms with Gasteiger partial charge in [-0.1, -0.05) is 71.1 Å². The third kappa shape index (κ3) is 7.62. The molecule has 0 spiro atoms. The summed E-state index contributed by atoms with van der Waals surface area (Å²) in [5, 5.41) is 2.79. The molecule has 1 N–H and O–H groups in total. The van der Waals surface area contributed by atoms with E-state index in [-0.39, 0.29) is 17.8 Å². The van der Waals surface area contributed by atoms with Crippen LogP contribution in [0.25, 0.3) is 0 Å². The summed E-state index contributed by atoms with van der Waals surface area (Å²) < 4.78 is 5.36. The molecule has 0 aliphatic heterocycles. The molecule has 1 unspecified atom stereocenters. The van der Waals surface area contributed by atoms with Crippen molar-refractivity contribution in [1.29, 1.82) is 0 Å². The lowest BCUT2D eigenvalue weighted by Gasteiger charge is -2.21. The second-order valence-electron chi connectivity index (χ2n) is 6.50. The van der Waals surface area contributed by atoms with Crippen molar-refractivity contribution in [3.63, 3.8) is 0 Å². The fraction of sp³-hybridized carbons (Fsp3) is 0.600. The van der Waals surface area contributed by atoms with Gasteiger partial charge in [-0.25, -0.2) is 4.79 Å². The highest BCUT2D eigenvalue weighted by molar-refractivity contribution is 5.96. The van der Waals surface area contributed by atoms with E-state index in [9.17, 15) is 9.59 Å². The van der Waals surface area contributed by atoms with Crippen LogP contribution in [-0.4, -0.2) is 24.5 Å². The number of unbranched alkanes of at least 4 members (excludes halogenated alkanes) is 5. The van der Waals surface area contributed by atoms with Crippen molar-refractivity contribution in [2.75, 3.05) is 6.61 Å². The van der Waals surface area contributed by atoms with Gasteiger partial charge in [0.1, 0.15) is 6.04 Å². The van der Waals surface area contributed by atoms with Gasteiger partial charge in [-0.2, -0.15) is 0 Å². The van der Waals surface area contributed by atoms with E-state index < -0.39 is 6.04 Å². The molecule has 1 amide bonds. The summed E-state index contributed by atoms with van der Waals surface area (Å²) in [6.07, 6.45) is 6.88. The van der Waals surface area contributed by atoms with Gasteiger partial charge < -0.3 is 10.1 Å². The van der Waals surface area contributed by atoms with Gasteiger partial charge in [0.05, 0.1) is 6.61 Å². The van der Waals surface area contributed by atoms with Crippen molar-refractivity contribution in [3.05, 3.63) is 35.9 Å². The maximum Gasteiger partial charge on any atom is 0.328 e. The highest BCUT2D eigenvalue weighted by atomic mass is 16.5. The van der Waals surface area contributed by atoms with Crippen LogP contribution in [0.2, 0.25) is 0 Å². The fourth-order valence-corrected chi connectivity index (χ4v) is 2.46. The normalized spacial score (nSPS) is 12.0. The van der Waals surface area contributed by atoms with Gasteiger partial charge >= 0.3 is 5.97 Å². The number of nitrogens with one attached hydrogen (secondary N) is 1. The van der Waals surface area contributed by atoms with E-state index in [1.165, 1.54) is 25.7 Å². The van der Waals surface area contributed by atoms with Crippen LogP contribution in [0.4, 0.5) is 0 Å². The average molecular weight is 333 g/mol. The Bertz CT molecular complexity index is 485. The SMILES string of the molecule is CCCCCCCCOC(=O)C(NC(=O)c1ccccc1)C(C)C. The molecule has 4 nitrogen and oxygen atoms in total. The van der Waals surface area contributed by atoms with Crippen molar-refractivity contribution >= 4 is 11.9 Å². The summed E-state index contributed by atoms with van der Waals surface area (Å²) in [5.41, 5.74) is 0.548. The Morgan fingerprint density at radius 1 is 1.00 bits per heavy atom. The van der Waals surface area contributed by atoms with Gasteiger partial charge in [0.15, 0.2) is 0 Å². The Balaban J connectivity index is 2.38. The Labute approximate surface area is 146 Å². The molecule has 1 aromatic carbocycles. The number of hydrogen-bond acceptors (Lipinski definition) is 3. The minimum absolute atomic E-state index is 0.0188. The maximum absolute atomic E-state index is 12.2. The van der Waals surface area contributed by atoms with Crippen LogP contribution >= 0.6 is 0 Å². The molecule has 0 aliphatic carbocycles. The molecular formula is C20H31NO3. The first-order valence-electron chi connectivity index (χ1n) is 9.08. The van der Waals surface area contributed by atoms with Crippen molar-refractivity contribution in [1.82, 2.24) is 5.32 Å². The number of esters is 1. The van der Waals surface area contributed by atoms with Crippen LogP contribution in [0.5, 0.6) is 0 Å². The molecule has 0 saturated carbocycles. The highest BCUT2D eigenvalue weighted by Crippen LogP contribution is 2.09. The Morgan fingerprint density at radius 2 is 1.62 bits per heavy atom. The van der Waals surface area contributed by atoms with Gasteiger partial charge in [0.2, 0.25) is 0 Å². The number of carbonyl (C=O) groups is 2. The summed E-state index contributed by atoms with van der Waals surface area (Å²) in [4.78, 5) is 24.5. The maximum atomic E-state index is 12.2. The molecule has 24 heavy (non-hydrogen) atoms. The van der Waals surface area contributed by atoms with E-state index in [2.05, 4.69) is 12.2 Å². The van der Waals surface area contributed by atoms with E-state index in [0.717, 1.165) is 12.8 Å². The second-order valence-corrected chi connectivity index (χ2v) is 6.50. The molecule has 4 heteroatoms. The van der Waals surface area contributed by atoms with Gasteiger partial charge in [-0.3, -0.25) is 4.79 Å². The molecular weight excluding hydrogens is 302 g/mol. The van der Waals surface area contributed by atoms with Gasteiger partial charge in [-0.15, -0.1) is 0 Å². The zero-order valence-electron chi connectivity index (χ0n) is 15.2. The van der Waals surface area contributed by atoms with E-state index in [1.54, 1.807) is 24.3 Å². The van der Waals surface area contributed by atoms with E-state index in [0.29, 0.717) is 12.2 Å². The lowest BCUT2D eigenvalue weighted by atomic mass is 10.0. The Morgan fingerprint density at radius 3 is 2.25 bits per heavy atom. The zero-order chi connectivity index (χ0) is 17.8. The van der Waals surface area contributed by atoms with E-state index in [4.69, 9.17) is 4.74 Å². The second kappa shape index (κ2) is 11.7. The highest BCUT2D eigenvalue weighted by Gasteiger charge is 2.25. The predicted octanol–water partition coefficient (Wildman–Crippen LogP) is 4.34. The number of amides is 1. The van der Waals surface area contributed by atoms with Crippen LogP contribution in [0.15, 0.2) is 30.3 Å². The lowest BCUT2D eigenvalue weighted by Crippen LogP contribution is -2.45. The van der Waals surface area contributed by atoms with Crippen LogP contribution in [0, 0.1) is 5.92 Å². The zero-order valence-corrected chi connectivity index (χ0v) is 15.2. The first kappa shape index (κ1) is 20.2. The summed E-state index contributed by atoms with van der Waals surface area (Å²) in [5.74, 6) is -0.608. The lowest BCUT2D eigenvalue weighted by molar-refractivity contribution is -0.147. The van der Waals surface area contributed by atoms with Crippen LogP contribution < -0.4 is 5.32 Å². The smallest absolute Gasteiger partial charge is 0.328 e. The summed E-state index contributed by atoms with van der Waals surface area (Å²) in [6, 6.07) is 8.30. The molecule has 134 valence electrons. The molecule has 0 fully saturated rings. The fourth-order valence-electron chi connectivity index (χ4n) is 2.46. The molecule has 1 rings (SSSR count). The van der Waals surface area contributed by atoms with Crippen LogP contribution in [0.1, 0.15) is 69.7 Å². The molecule has 0 aliphatic rings. The first-order valence-corrected chi connectivity index (χ1v) is 9.08. The standard InChI is InChI=1S/C20H31NO3/c1-4-5-6-7-8-12-15-24-20(23)18(16(2)3)21-19(22)17-13-10-9-11-14-17/h9-11,13-14,16,18H,4-8,12,15H2,1-3H3,(H,21,22). The van der Waals surface area contributed by atoms with Crippen molar-refractivity contribution in [3.8, 4) is 0 Å². The summed E-state index contributed by atoms with van der Waals surface area (Å²) in [7, 11) is 0. The van der Waals surface area contributed by atoms with E-state index in [1.807, 2.05) is 19.9 Å². The molecule has 0 aromatic heterocycles. The molecule has 1 atom stereocenters. The number of hydrogen-bond donors (Lipinski definition) is 1. The van der Waals surface area contributed by atoms with Crippen molar-refractivity contribution in [2.45, 2.75) is 65.3 Å². The Hall–Kier alpha value is -1.84. The molecule has 0 bridgehead atoms. The third-order valence-corrected chi connectivity index (χ3v) is 3.99. The predicted molar refractivity (Wildman–Crippen MR) is 96.9 cm³/mol. The third-order valence-electron chi connectivity index (χ3n) is 3.99. The van der Waals surface area contributed by atoms with Gasteiger partial charge in [0.25, 0.3) is 5.91 Å². The minimum Gasteiger partial charge on any atom is -0.464 e. The quantitative estimate of drug-likeness (QED) is 0.484. The van der Waals surface area contributed by atoms with Crippen LogP contribution in [-0.2, 0) is 9.53 Å². The minimum atomic E-state index is -0.613. The monoisotopic (exact) mass is 333 g/mol.